The lowest BCUT2D eigenvalue weighted by atomic mass is 10.0. The summed E-state index contributed by atoms with van der Waals surface area (Å²) in [5.41, 5.74) is 1.36. The molecule has 0 fully saturated rings. The first-order valence-electron chi connectivity index (χ1n) is 11.9. The third kappa shape index (κ3) is 5.12. The van der Waals surface area contributed by atoms with Crippen LogP contribution in [0.25, 0.3) is 27.9 Å². The smallest absolute Gasteiger partial charge is 0.256 e. The Labute approximate surface area is 223 Å². The number of amides is 1. The second-order valence-corrected chi connectivity index (χ2v) is 8.28. The van der Waals surface area contributed by atoms with Crippen molar-refractivity contribution in [3.8, 4) is 23.0 Å². The van der Waals surface area contributed by atoms with Gasteiger partial charge in [-0.1, -0.05) is 31.9 Å². The van der Waals surface area contributed by atoms with Crippen LogP contribution in [0.4, 0.5) is 5.69 Å². The summed E-state index contributed by atoms with van der Waals surface area (Å²) in [4.78, 5) is 29.3. The molecule has 192 valence electrons. The number of fused-ring (bicyclic) bond motifs is 2. The Bertz CT molecular complexity index is 1820. The maximum Gasteiger partial charge on any atom is 0.256 e. The van der Waals surface area contributed by atoms with Crippen molar-refractivity contribution in [2.24, 2.45) is 0 Å². The molecule has 1 N–H and O–H groups in total. The molecule has 0 spiro atoms. The number of nitrogens with zero attached hydrogens (tertiary/aromatic N) is 2. The number of nitrogens with one attached hydrogen (secondary N) is 1. The average Bonchev–Trinajstić information content (AvgIpc) is 2.94. The van der Waals surface area contributed by atoms with Crippen LogP contribution in [0.5, 0.6) is 23.0 Å². The molecule has 39 heavy (non-hydrogen) atoms. The van der Waals surface area contributed by atoms with Crippen LogP contribution in [0, 0.1) is 0 Å². The van der Waals surface area contributed by atoms with E-state index in [9.17, 15) is 9.59 Å². The molecule has 1 amide bonds. The van der Waals surface area contributed by atoms with Crippen LogP contribution >= 0.6 is 0 Å². The molecule has 5 rings (SSSR count). The SMILES string of the molecule is C=COc1cc2nccc(Oc3ccc4c(C(=O)Nc5ccc(=O)n(C=C)c5)cccc4c3)c2cc1OC=C. The Balaban J connectivity index is 1.46. The molecule has 0 saturated heterocycles. The summed E-state index contributed by atoms with van der Waals surface area (Å²) in [5, 5.41) is 5.10. The van der Waals surface area contributed by atoms with Gasteiger partial charge in [0.15, 0.2) is 11.5 Å². The molecule has 0 saturated carbocycles. The molecular weight excluding hydrogens is 494 g/mol. The van der Waals surface area contributed by atoms with Crippen molar-refractivity contribution < 1.29 is 19.0 Å². The van der Waals surface area contributed by atoms with E-state index in [1.165, 1.54) is 35.6 Å². The van der Waals surface area contributed by atoms with Crippen LogP contribution in [0.3, 0.4) is 0 Å². The zero-order valence-corrected chi connectivity index (χ0v) is 20.8. The number of aromatic nitrogens is 2. The Morgan fingerprint density at radius 3 is 2.44 bits per heavy atom. The van der Waals surface area contributed by atoms with Crippen LogP contribution in [0.1, 0.15) is 10.4 Å². The van der Waals surface area contributed by atoms with Gasteiger partial charge in [-0.05, 0) is 53.2 Å². The van der Waals surface area contributed by atoms with Crippen LogP contribution in [0.2, 0.25) is 0 Å². The van der Waals surface area contributed by atoms with E-state index in [1.807, 2.05) is 18.2 Å². The second kappa shape index (κ2) is 10.8. The number of carbonyl (C=O) groups excluding carboxylic acids is 1. The molecule has 5 aromatic rings. The highest BCUT2D eigenvalue weighted by Gasteiger charge is 2.14. The summed E-state index contributed by atoms with van der Waals surface area (Å²) >= 11 is 0. The highest BCUT2D eigenvalue weighted by molar-refractivity contribution is 6.13. The third-order valence-corrected chi connectivity index (χ3v) is 5.90. The predicted octanol–water partition coefficient (Wildman–Crippen LogP) is 6.74. The van der Waals surface area contributed by atoms with Gasteiger partial charge in [0.1, 0.15) is 11.5 Å². The van der Waals surface area contributed by atoms with Gasteiger partial charge in [0.25, 0.3) is 11.5 Å². The quantitative estimate of drug-likeness (QED) is 0.218. The number of hydrogen-bond donors (Lipinski definition) is 1. The zero-order valence-electron chi connectivity index (χ0n) is 20.8. The van der Waals surface area contributed by atoms with Gasteiger partial charge in [-0.3, -0.25) is 19.1 Å². The number of pyridine rings is 2. The van der Waals surface area contributed by atoms with Gasteiger partial charge < -0.3 is 19.5 Å². The minimum absolute atomic E-state index is 0.238. The number of benzene rings is 3. The molecule has 0 aliphatic heterocycles. The molecule has 0 aliphatic rings. The largest absolute Gasteiger partial charge is 0.462 e. The van der Waals surface area contributed by atoms with E-state index in [0.717, 1.165) is 10.8 Å². The summed E-state index contributed by atoms with van der Waals surface area (Å²) < 4.78 is 18.5. The molecule has 2 aromatic heterocycles. The van der Waals surface area contributed by atoms with Crippen LogP contribution in [0.15, 0.2) is 116 Å². The number of rotatable bonds is 9. The first-order valence-corrected chi connectivity index (χ1v) is 11.9. The Morgan fingerprint density at radius 1 is 0.872 bits per heavy atom. The van der Waals surface area contributed by atoms with Crippen molar-refractivity contribution >= 4 is 39.5 Å². The summed E-state index contributed by atoms with van der Waals surface area (Å²) in [6, 6.07) is 19.1. The molecule has 0 aliphatic carbocycles. The minimum atomic E-state index is -0.309. The summed E-state index contributed by atoms with van der Waals surface area (Å²) in [6.45, 7) is 10.8. The van der Waals surface area contributed by atoms with Crippen molar-refractivity contribution in [3.05, 3.63) is 127 Å². The van der Waals surface area contributed by atoms with Gasteiger partial charge in [0, 0.05) is 41.7 Å². The van der Waals surface area contributed by atoms with E-state index < -0.39 is 0 Å². The lowest BCUT2D eigenvalue weighted by molar-refractivity contribution is 0.102. The number of carbonyl (C=O) groups is 1. The number of hydrogen-bond acceptors (Lipinski definition) is 6. The third-order valence-electron chi connectivity index (χ3n) is 5.90. The first-order chi connectivity index (χ1) is 19.0. The van der Waals surface area contributed by atoms with E-state index >= 15 is 0 Å². The van der Waals surface area contributed by atoms with Gasteiger partial charge >= 0.3 is 0 Å². The van der Waals surface area contributed by atoms with Gasteiger partial charge in [-0.2, -0.15) is 0 Å². The van der Waals surface area contributed by atoms with Crippen molar-refractivity contribution in [2.75, 3.05) is 5.32 Å². The molecule has 2 heterocycles. The Kier molecular flexibility index (Phi) is 6.92. The lowest BCUT2D eigenvalue weighted by Crippen LogP contribution is -2.17. The monoisotopic (exact) mass is 517 g/mol. The topological polar surface area (TPSA) is 91.7 Å². The number of ether oxygens (including phenoxy) is 3. The van der Waals surface area contributed by atoms with E-state index in [2.05, 4.69) is 30.0 Å². The normalized spacial score (nSPS) is 10.6. The first kappa shape index (κ1) is 25.0. The van der Waals surface area contributed by atoms with E-state index in [4.69, 9.17) is 14.2 Å². The molecule has 8 heteroatoms. The fraction of sp³-hybridized carbons (Fsp3) is 0. The zero-order chi connectivity index (χ0) is 27.4. The van der Waals surface area contributed by atoms with Crippen molar-refractivity contribution in [2.45, 2.75) is 0 Å². The van der Waals surface area contributed by atoms with Crippen molar-refractivity contribution in [1.29, 1.82) is 0 Å². The molecule has 0 bridgehead atoms. The fourth-order valence-electron chi connectivity index (χ4n) is 4.15. The van der Waals surface area contributed by atoms with E-state index in [1.54, 1.807) is 48.7 Å². The fourth-order valence-corrected chi connectivity index (χ4v) is 4.15. The molecule has 0 radical (unpaired) electrons. The van der Waals surface area contributed by atoms with E-state index in [0.29, 0.717) is 45.2 Å². The maximum atomic E-state index is 13.1. The average molecular weight is 518 g/mol. The summed E-state index contributed by atoms with van der Waals surface area (Å²) in [6.07, 6.45) is 7.15. The van der Waals surface area contributed by atoms with Gasteiger partial charge in [-0.15, -0.1) is 0 Å². The lowest BCUT2D eigenvalue weighted by Gasteiger charge is -2.13. The molecule has 3 aromatic carbocycles. The highest BCUT2D eigenvalue weighted by atomic mass is 16.5. The molecule has 0 unspecified atom stereocenters. The van der Waals surface area contributed by atoms with Gasteiger partial charge in [0.05, 0.1) is 23.7 Å². The summed E-state index contributed by atoms with van der Waals surface area (Å²) in [7, 11) is 0. The van der Waals surface area contributed by atoms with Crippen LogP contribution < -0.4 is 25.1 Å². The minimum Gasteiger partial charge on any atom is -0.462 e. The summed E-state index contributed by atoms with van der Waals surface area (Å²) in [5.74, 6) is 1.71. The molecule has 0 atom stereocenters. The Morgan fingerprint density at radius 2 is 1.67 bits per heavy atom. The van der Waals surface area contributed by atoms with Crippen LogP contribution in [-0.2, 0) is 0 Å². The van der Waals surface area contributed by atoms with Crippen molar-refractivity contribution in [1.82, 2.24) is 9.55 Å². The van der Waals surface area contributed by atoms with Gasteiger partial charge in [-0.25, -0.2) is 0 Å². The van der Waals surface area contributed by atoms with E-state index in [-0.39, 0.29) is 11.5 Å². The second-order valence-electron chi connectivity index (χ2n) is 8.28. The molecule has 8 nitrogen and oxygen atoms in total. The predicted molar refractivity (Wildman–Crippen MR) is 152 cm³/mol. The highest BCUT2D eigenvalue weighted by Crippen LogP contribution is 2.38. The molecular formula is C31H23N3O5. The van der Waals surface area contributed by atoms with Crippen LogP contribution in [-0.4, -0.2) is 15.5 Å². The van der Waals surface area contributed by atoms with Gasteiger partial charge in [0.2, 0.25) is 0 Å². The number of anilines is 1. The van der Waals surface area contributed by atoms with Crippen molar-refractivity contribution in [3.63, 3.8) is 0 Å². The Hall–Kier alpha value is -5.63. The maximum absolute atomic E-state index is 13.1. The standard InChI is InChI=1S/C31H23N3O5/c1-4-34-19-21(10-13-30(34)35)33-31(36)24-9-7-8-20-16-22(11-12-23(20)24)39-27-14-15-32-26-18-29(38-6-3)28(37-5-2)17-25(26)27/h4-19H,1-3H2,(H,33,36).